The molecule has 0 saturated carbocycles. The SMILES string of the molecule is Cc1ccc(Sc2ccc(NC(=O)CN3C(=O)[C@H]4CC=CC[C@H]4C3=O)cc2)cc1C. The van der Waals surface area contributed by atoms with Crippen molar-refractivity contribution in [3.63, 3.8) is 0 Å². The van der Waals surface area contributed by atoms with Crippen LogP contribution in [0, 0.1) is 25.7 Å². The van der Waals surface area contributed by atoms with Gasteiger partial charge in [0.2, 0.25) is 17.7 Å². The van der Waals surface area contributed by atoms with Crippen LogP contribution in [-0.4, -0.2) is 29.2 Å². The Morgan fingerprint density at radius 3 is 2.13 bits per heavy atom. The van der Waals surface area contributed by atoms with Crippen molar-refractivity contribution in [3.8, 4) is 0 Å². The zero-order valence-corrected chi connectivity index (χ0v) is 17.9. The van der Waals surface area contributed by atoms with Gasteiger partial charge in [-0.1, -0.05) is 30.0 Å². The summed E-state index contributed by atoms with van der Waals surface area (Å²) in [7, 11) is 0. The Morgan fingerprint density at radius 2 is 1.53 bits per heavy atom. The van der Waals surface area contributed by atoms with Crippen LogP contribution in [0.4, 0.5) is 5.69 Å². The van der Waals surface area contributed by atoms with E-state index in [2.05, 4.69) is 37.4 Å². The first-order chi connectivity index (χ1) is 14.4. The second-order valence-corrected chi connectivity index (χ2v) is 8.99. The molecule has 1 aliphatic heterocycles. The molecule has 0 spiro atoms. The van der Waals surface area contributed by atoms with Crippen molar-refractivity contribution < 1.29 is 14.4 Å². The van der Waals surface area contributed by atoms with Crippen LogP contribution in [0.15, 0.2) is 64.4 Å². The average molecular weight is 421 g/mol. The minimum absolute atomic E-state index is 0.232. The molecule has 2 aromatic rings. The molecule has 2 aromatic carbocycles. The fourth-order valence-electron chi connectivity index (χ4n) is 3.89. The lowest BCUT2D eigenvalue weighted by Crippen LogP contribution is -2.38. The zero-order valence-electron chi connectivity index (χ0n) is 17.1. The van der Waals surface area contributed by atoms with Gasteiger partial charge in [0.25, 0.3) is 0 Å². The molecule has 4 rings (SSSR count). The molecule has 0 unspecified atom stereocenters. The number of imide groups is 1. The van der Waals surface area contributed by atoms with Crippen LogP contribution >= 0.6 is 11.8 Å². The highest BCUT2D eigenvalue weighted by Crippen LogP contribution is 2.35. The maximum Gasteiger partial charge on any atom is 0.244 e. The highest BCUT2D eigenvalue weighted by Gasteiger charge is 2.47. The molecule has 6 heteroatoms. The summed E-state index contributed by atoms with van der Waals surface area (Å²) in [6.45, 7) is 3.96. The first-order valence-corrected chi connectivity index (χ1v) is 10.9. The quantitative estimate of drug-likeness (QED) is 0.577. The van der Waals surface area contributed by atoms with E-state index in [0.717, 1.165) is 14.7 Å². The molecule has 1 N–H and O–H groups in total. The molecule has 1 aliphatic carbocycles. The van der Waals surface area contributed by atoms with Crippen molar-refractivity contribution in [2.24, 2.45) is 11.8 Å². The summed E-state index contributed by atoms with van der Waals surface area (Å²) >= 11 is 1.66. The number of rotatable bonds is 5. The number of benzene rings is 2. The van der Waals surface area contributed by atoms with Crippen LogP contribution in [0.25, 0.3) is 0 Å². The Hall–Kier alpha value is -2.86. The third-order valence-corrected chi connectivity index (χ3v) is 6.75. The zero-order chi connectivity index (χ0) is 21.3. The number of carbonyl (C=O) groups is 3. The maximum atomic E-state index is 12.5. The highest BCUT2D eigenvalue weighted by molar-refractivity contribution is 7.99. The molecule has 0 aromatic heterocycles. The second-order valence-electron chi connectivity index (χ2n) is 7.84. The molecular formula is C24H24N2O3S. The lowest BCUT2D eigenvalue weighted by molar-refractivity contribution is -0.142. The standard InChI is InChI=1S/C24H24N2O3S/c1-15-7-10-19(13-16(15)2)30-18-11-8-17(9-12-18)25-22(27)14-26-23(28)20-5-3-4-6-21(20)24(26)29/h3-4,7-13,20-21H,5-6,14H2,1-2H3,(H,25,27)/t20-,21+. The molecule has 2 atom stereocenters. The predicted molar refractivity (Wildman–Crippen MR) is 117 cm³/mol. The van der Waals surface area contributed by atoms with E-state index in [9.17, 15) is 14.4 Å². The summed E-state index contributed by atoms with van der Waals surface area (Å²) in [5.74, 6) is -1.44. The van der Waals surface area contributed by atoms with Gasteiger partial charge < -0.3 is 5.32 Å². The lowest BCUT2D eigenvalue weighted by Gasteiger charge is -2.14. The van der Waals surface area contributed by atoms with E-state index in [1.165, 1.54) is 11.1 Å². The first kappa shape index (κ1) is 20.4. The molecule has 30 heavy (non-hydrogen) atoms. The number of anilines is 1. The number of hydrogen-bond acceptors (Lipinski definition) is 4. The number of aryl methyl sites for hydroxylation is 2. The van der Waals surface area contributed by atoms with E-state index in [-0.39, 0.29) is 36.1 Å². The van der Waals surface area contributed by atoms with Gasteiger partial charge in [-0.3, -0.25) is 19.3 Å². The number of nitrogens with zero attached hydrogens (tertiary/aromatic N) is 1. The third-order valence-electron chi connectivity index (χ3n) is 5.75. The van der Waals surface area contributed by atoms with Crippen molar-refractivity contribution in [2.45, 2.75) is 36.5 Å². The highest BCUT2D eigenvalue weighted by atomic mass is 32.2. The Balaban J connectivity index is 1.35. The van der Waals surface area contributed by atoms with Gasteiger partial charge in [0.15, 0.2) is 0 Å². The predicted octanol–water partition coefficient (Wildman–Crippen LogP) is 4.34. The van der Waals surface area contributed by atoms with E-state index < -0.39 is 0 Å². The monoisotopic (exact) mass is 420 g/mol. The Bertz CT molecular complexity index is 1000. The van der Waals surface area contributed by atoms with E-state index >= 15 is 0 Å². The van der Waals surface area contributed by atoms with Crippen LogP contribution in [-0.2, 0) is 14.4 Å². The van der Waals surface area contributed by atoms with E-state index in [1.54, 1.807) is 11.8 Å². The van der Waals surface area contributed by atoms with Crippen LogP contribution in [0.5, 0.6) is 0 Å². The first-order valence-electron chi connectivity index (χ1n) is 10.1. The molecule has 1 fully saturated rings. The molecular weight excluding hydrogens is 396 g/mol. The molecule has 1 heterocycles. The van der Waals surface area contributed by atoms with Crippen molar-refractivity contribution in [2.75, 3.05) is 11.9 Å². The largest absolute Gasteiger partial charge is 0.325 e. The molecule has 154 valence electrons. The lowest BCUT2D eigenvalue weighted by atomic mass is 9.85. The molecule has 3 amide bonds. The summed E-state index contributed by atoms with van der Waals surface area (Å²) in [5.41, 5.74) is 3.16. The minimum Gasteiger partial charge on any atom is -0.325 e. The van der Waals surface area contributed by atoms with Gasteiger partial charge in [0.1, 0.15) is 6.54 Å². The van der Waals surface area contributed by atoms with Gasteiger partial charge in [-0.25, -0.2) is 0 Å². The number of hydrogen-bond donors (Lipinski definition) is 1. The Kier molecular flexibility index (Phi) is 5.77. The summed E-state index contributed by atoms with van der Waals surface area (Å²) in [6, 6.07) is 13.9. The van der Waals surface area contributed by atoms with Gasteiger partial charge in [0.05, 0.1) is 11.8 Å². The van der Waals surface area contributed by atoms with Gasteiger partial charge in [-0.2, -0.15) is 0 Å². The number of fused-ring (bicyclic) bond motifs is 1. The van der Waals surface area contributed by atoms with E-state index in [0.29, 0.717) is 18.5 Å². The molecule has 0 radical (unpaired) electrons. The smallest absolute Gasteiger partial charge is 0.244 e. The normalized spacial score (nSPS) is 20.4. The Labute approximate surface area is 180 Å². The minimum atomic E-state index is -0.363. The number of amides is 3. The van der Waals surface area contributed by atoms with Crippen molar-refractivity contribution in [3.05, 3.63) is 65.7 Å². The Morgan fingerprint density at radius 1 is 0.933 bits per heavy atom. The van der Waals surface area contributed by atoms with Gasteiger partial charge in [-0.15, -0.1) is 0 Å². The van der Waals surface area contributed by atoms with Crippen LogP contribution in [0.3, 0.4) is 0 Å². The fourth-order valence-corrected chi connectivity index (χ4v) is 4.80. The van der Waals surface area contributed by atoms with Gasteiger partial charge in [0, 0.05) is 15.5 Å². The van der Waals surface area contributed by atoms with Crippen LogP contribution in [0.1, 0.15) is 24.0 Å². The summed E-state index contributed by atoms with van der Waals surface area (Å²) < 4.78 is 0. The molecule has 1 saturated heterocycles. The summed E-state index contributed by atoms with van der Waals surface area (Å²) in [6.07, 6.45) is 5.03. The average Bonchev–Trinajstić information content (AvgIpc) is 2.97. The number of allylic oxidation sites excluding steroid dienone is 2. The van der Waals surface area contributed by atoms with Crippen molar-refractivity contribution in [1.29, 1.82) is 0 Å². The second kappa shape index (κ2) is 8.48. The van der Waals surface area contributed by atoms with Crippen LogP contribution < -0.4 is 5.32 Å². The summed E-state index contributed by atoms with van der Waals surface area (Å²) in [5, 5.41) is 2.79. The maximum absolute atomic E-state index is 12.5. The number of carbonyl (C=O) groups excluding carboxylic acids is 3. The molecule has 0 bridgehead atoms. The van der Waals surface area contributed by atoms with Crippen molar-refractivity contribution >= 4 is 35.2 Å². The fraction of sp³-hybridized carbons (Fsp3) is 0.292. The number of nitrogens with one attached hydrogen (secondary N) is 1. The van der Waals surface area contributed by atoms with E-state index in [4.69, 9.17) is 0 Å². The topological polar surface area (TPSA) is 66.5 Å². The van der Waals surface area contributed by atoms with E-state index in [1.807, 2.05) is 36.4 Å². The van der Waals surface area contributed by atoms with Gasteiger partial charge in [-0.05, 0) is 74.2 Å². The number of likely N-dealkylation sites (tertiary alicyclic amines) is 1. The molecule has 5 nitrogen and oxygen atoms in total. The van der Waals surface area contributed by atoms with Gasteiger partial charge >= 0.3 is 0 Å². The summed E-state index contributed by atoms with van der Waals surface area (Å²) in [4.78, 5) is 40.8. The third kappa shape index (κ3) is 4.19. The van der Waals surface area contributed by atoms with Crippen molar-refractivity contribution in [1.82, 2.24) is 4.90 Å². The molecule has 2 aliphatic rings. The van der Waals surface area contributed by atoms with Crippen LogP contribution in [0.2, 0.25) is 0 Å².